The first-order valence-electron chi connectivity index (χ1n) is 10.3. The Hall–Kier alpha value is -2.97. The van der Waals surface area contributed by atoms with Crippen molar-refractivity contribution >= 4 is 28.8 Å². The van der Waals surface area contributed by atoms with Gasteiger partial charge in [-0.15, -0.1) is 0 Å². The lowest BCUT2D eigenvalue weighted by Gasteiger charge is -2.22. The van der Waals surface area contributed by atoms with Gasteiger partial charge in [-0.1, -0.05) is 13.8 Å². The minimum Gasteiger partial charge on any atom is -0.465 e. The molecule has 0 aliphatic rings. The van der Waals surface area contributed by atoms with E-state index in [4.69, 9.17) is 5.11 Å². The number of amides is 2. The fourth-order valence-electron chi connectivity index (χ4n) is 3.48. The Balaban J connectivity index is 1.86. The second-order valence-corrected chi connectivity index (χ2v) is 7.96. The number of hydrogen-bond acceptors (Lipinski definition) is 5. The molecule has 0 saturated heterocycles. The van der Waals surface area contributed by atoms with Gasteiger partial charge >= 0.3 is 6.09 Å². The zero-order valence-corrected chi connectivity index (χ0v) is 18.0. The van der Waals surface area contributed by atoms with Gasteiger partial charge in [-0.2, -0.15) is 0 Å². The zero-order valence-electron chi connectivity index (χ0n) is 18.0. The van der Waals surface area contributed by atoms with E-state index in [1.807, 2.05) is 26.8 Å². The van der Waals surface area contributed by atoms with E-state index < -0.39 is 18.2 Å². The van der Waals surface area contributed by atoms with Crippen LogP contribution in [0.15, 0.2) is 18.5 Å². The third-order valence-corrected chi connectivity index (χ3v) is 4.93. The topological polar surface area (TPSA) is 126 Å². The van der Waals surface area contributed by atoms with Crippen molar-refractivity contribution in [3.63, 3.8) is 0 Å². The fraction of sp³-hybridized carbons (Fsp3) is 0.571. The summed E-state index contributed by atoms with van der Waals surface area (Å²) in [6.07, 6.45) is 4.44. The lowest BCUT2D eigenvalue weighted by Crippen LogP contribution is -2.50. The van der Waals surface area contributed by atoms with Crippen LogP contribution >= 0.6 is 0 Å². The molecule has 164 valence electrons. The third-order valence-electron chi connectivity index (χ3n) is 4.93. The highest BCUT2D eigenvalue weighted by atomic mass is 16.4. The zero-order chi connectivity index (χ0) is 22.3. The maximum Gasteiger partial charge on any atom is 0.405 e. The smallest absolute Gasteiger partial charge is 0.405 e. The summed E-state index contributed by atoms with van der Waals surface area (Å²) in [5, 5.41) is 13.8. The van der Waals surface area contributed by atoms with Crippen LogP contribution in [0.25, 0.3) is 11.0 Å². The van der Waals surface area contributed by atoms with Gasteiger partial charge in [0.1, 0.15) is 11.3 Å². The van der Waals surface area contributed by atoms with Crippen LogP contribution in [-0.2, 0) is 16.1 Å². The number of nitrogens with zero attached hydrogens (tertiary/aromatic N) is 3. The van der Waals surface area contributed by atoms with Gasteiger partial charge < -0.3 is 20.3 Å². The van der Waals surface area contributed by atoms with Gasteiger partial charge in [0.05, 0.1) is 23.8 Å². The van der Waals surface area contributed by atoms with Crippen molar-refractivity contribution in [1.82, 2.24) is 25.2 Å². The molecule has 9 heteroatoms. The normalized spacial score (nSPS) is 13.2. The van der Waals surface area contributed by atoms with Crippen molar-refractivity contribution in [2.24, 2.45) is 5.92 Å². The number of nitrogens with one attached hydrogen (secondary N) is 2. The third kappa shape index (κ3) is 6.53. The fourth-order valence-corrected chi connectivity index (χ4v) is 3.48. The number of rotatable bonds is 11. The average Bonchev–Trinajstić information content (AvgIpc) is 2.98. The summed E-state index contributed by atoms with van der Waals surface area (Å²) in [6, 6.07) is 0.349. The highest BCUT2D eigenvalue weighted by Gasteiger charge is 2.27. The molecule has 2 aromatic heterocycles. The van der Waals surface area contributed by atoms with Crippen LogP contribution in [-0.4, -0.2) is 49.5 Å². The standard InChI is InChI=1S/C21H31N5O4/c1-13(2)11-16(20(28)14(3)23-21(29)30)25-19(27)7-5-6-10-26-15(4)24-17-12-22-9-8-18(17)26/h8-9,12-14,16,23H,5-7,10-11H2,1-4H3,(H,25,27)(H,29,30)/t14?,16-/m0/s1. The van der Waals surface area contributed by atoms with Crippen LogP contribution < -0.4 is 10.6 Å². The molecule has 0 fully saturated rings. The number of carbonyl (C=O) groups excluding carboxylic acids is 2. The molecule has 2 aromatic rings. The molecular weight excluding hydrogens is 386 g/mol. The lowest BCUT2D eigenvalue weighted by atomic mass is 9.96. The molecule has 0 aromatic carbocycles. The van der Waals surface area contributed by atoms with E-state index in [-0.39, 0.29) is 17.6 Å². The number of unbranched alkanes of at least 4 members (excludes halogenated alkanes) is 1. The first-order chi connectivity index (χ1) is 14.2. The molecule has 0 radical (unpaired) electrons. The van der Waals surface area contributed by atoms with Gasteiger partial charge in [-0.3, -0.25) is 14.6 Å². The second kappa shape index (κ2) is 10.7. The molecule has 1 unspecified atom stereocenters. The van der Waals surface area contributed by atoms with E-state index >= 15 is 0 Å². The first kappa shape index (κ1) is 23.3. The molecule has 0 aliphatic heterocycles. The van der Waals surface area contributed by atoms with Crippen LogP contribution in [0.5, 0.6) is 0 Å². The van der Waals surface area contributed by atoms with Gasteiger partial charge in [0.2, 0.25) is 5.91 Å². The van der Waals surface area contributed by atoms with Gasteiger partial charge in [-0.05, 0) is 45.1 Å². The molecule has 2 rings (SSSR count). The largest absolute Gasteiger partial charge is 0.465 e. The molecule has 30 heavy (non-hydrogen) atoms. The highest BCUT2D eigenvalue weighted by molar-refractivity contribution is 5.94. The Bertz CT molecular complexity index is 893. The maximum absolute atomic E-state index is 12.5. The van der Waals surface area contributed by atoms with Crippen molar-refractivity contribution in [3.05, 3.63) is 24.3 Å². The molecule has 0 aliphatic carbocycles. The molecular formula is C21H31N5O4. The minimum absolute atomic E-state index is 0.184. The number of pyridine rings is 1. The number of imidazole rings is 1. The van der Waals surface area contributed by atoms with Gasteiger partial charge in [-0.25, -0.2) is 9.78 Å². The number of hydrogen-bond donors (Lipinski definition) is 3. The predicted octanol–water partition coefficient (Wildman–Crippen LogP) is 2.67. The van der Waals surface area contributed by atoms with Crippen molar-refractivity contribution in [2.75, 3.05) is 0 Å². The summed E-state index contributed by atoms with van der Waals surface area (Å²) in [6.45, 7) is 8.09. The van der Waals surface area contributed by atoms with E-state index in [1.165, 1.54) is 6.92 Å². The summed E-state index contributed by atoms with van der Waals surface area (Å²) in [7, 11) is 0. The second-order valence-electron chi connectivity index (χ2n) is 7.96. The van der Waals surface area contributed by atoms with Crippen LogP contribution in [0.1, 0.15) is 52.3 Å². The van der Waals surface area contributed by atoms with Crippen LogP contribution in [0.4, 0.5) is 4.79 Å². The SMILES string of the molecule is Cc1nc2cnccc2n1CCCCC(=O)N[C@@H](CC(C)C)C(=O)C(C)NC(=O)O. The Morgan fingerprint density at radius 2 is 1.90 bits per heavy atom. The molecule has 3 N–H and O–H groups in total. The molecule has 9 nitrogen and oxygen atoms in total. The van der Waals surface area contributed by atoms with E-state index in [0.29, 0.717) is 19.3 Å². The Labute approximate surface area is 176 Å². The Kier molecular flexibility index (Phi) is 8.32. The Morgan fingerprint density at radius 1 is 1.17 bits per heavy atom. The molecule has 0 spiro atoms. The van der Waals surface area contributed by atoms with Crippen LogP contribution in [0, 0.1) is 12.8 Å². The van der Waals surface area contributed by atoms with E-state index in [1.54, 1.807) is 12.4 Å². The predicted molar refractivity (Wildman–Crippen MR) is 113 cm³/mol. The van der Waals surface area contributed by atoms with Gasteiger partial charge in [0, 0.05) is 19.2 Å². The molecule has 0 saturated carbocycles. The van der Waals surface area contributed by atoms with Crippen LogP contribution in [0.3, 0.4) is 0 Å². The van der Waals surface area contributed by atoms with E-state index in [2.05, 4.69) is 25.2 Å². The Morgan fingerprint density at radius 3 is 2.57 bits per heavy atom. The molecule has 2 atom stereocenters. The van der Waals surface area contributed by atoms with Crippen molar-refractivity contribution < 1.29 is 19.5 Å². The van der Waals surface area contributed by atoms with Crippen molar-refractivity contribution in [2.45, 2.75) is 72.0 Å². The number of carboxylic acid groups (broad SMARTS) is 1. The number of Topliss-reactive ketones (excluding diaryl/α,β-unsaturated/α-hetero) is 1. The highest BCUT2D eigenvalue weighted by Crippen LogP contribution is 2.15. The number of ketones is 1. The minimum atomic E-state index is -1.26. The summed E-state index contributed by atoms with van der Waals surface area (Å²) in [4.78, 5) is 44.3. The van der Waals surface area contributed by atoms with Crippen molar-refractivity contribution in [1.29, 1.82) is 0 Å². The monoisotopic (exact) mass is 417 g/mol. The van der Waals surface area contributed by atoms with E-state index in [9.17, 15) is 14.4 Å². The summed E-state index contributed by atoms with van der Waals surface area (Å²) < 4.78 is 2.11. The van der Waals surface area contributed by atoms with Crippen LogP contribution in [0.2, 0.25) is 0 Å². The number of carbonyl (C=O) groups is 3. The quantitative estimate of drug-likeness (QED) is 0.483. The maximum atomic E-state index is 12.5. The van der Waals surface area contributed by atoms with Gasteiger partial charge in [0.25, 0.3) is 0 Å². The van der Waals surface area contributed by atoms with Gasteiger partial charge in [0.15, 0.2) is 5.78 Å². The average molecular weight is 418 g/mol. The molecule has 2 amide bonds. The number of aromatic nitrogens is 3. The lowest BCUT2D eigenvalue weighted by molar-refractivity contribution is -0.129. The number of aryl methyl sites for hydroxylation is 2. The first-order valence-corrected chi connectivity index (χ1v) is 10.3. The molecule has 0 bridgehead atoms. The summed E-state index contributed by atoms with van der Waals surface area (Å²) in [5.41, 5.74) is 1.88. The summed E-state index contributed by atoms with van der Waals surface area (Å²) in [5.74, 6) is 0.565. The number of fused-ring (bicyclic) bond motifs is 1. The van der Waals surface area contributed by atoms with Crippen molar-refractivity contribution in [3.8, 4) is 0 Å². The summed E-state index contributed by atoms with van der Waals surface area (Å²) >= 11 is 0. The molecule has 2 heterocycles. The van der Waals surface area contributed by atoms with E-state index in [0.717, 1.165) is 29.8 Å².